The highest BCUT2D eigenvalue weighted by Crippen LogP contribution is 2.37. The Labute approximate surface area is 239 Å². The van der Waals surface area contributed by atoms with Crippen molar-refractivity contribution in [3.8, 4) is 0 Å². The van der Waals surface area contributed by atoms with Crippen molar-refractivity contribution in [2.75, 3.05) is 52.5 Å². The summed E-state index contributed by atoms with van der Waals surface area (Å²) < 4.78 is 86.6. The predicted molar refractivity (Wildman–Crippen MR) is 146 cm³/mol. The summed E-state index contributed by atoms with van der Waals surface area (Å²) in [7, 11) is 0. The van der Waals surface area contributed by atoms with Gasteiger partial charge in [-0.2, -0.15) is 26.3 Å². The third-order valence-electron chi connectivity index (χ3n) is 7.91. The number of fused-ring (bicyclic) bond motifs is 1. The summed E-state index contributed by atoms with van der Waals surface area (Å²) in [5.41, 5.74) is 3.71. The third kappa shape index (κ3) is 7.05. The van der Waals surface area contributed by atoms with E-state index in [0.717, 1.165) is 16.3 Å². The zero-order valence-corrected chi connectivity index (χ0v) is 22.8. The summed E-state index contributed by atoms with van der Waals surface area (Å²) in [4.78, 5) is 19.3. The molecule has 5 rings (SSSR count). The molecule has 226 valence electrons. The van der Waals surface area contributed by atoms with Gasteiger partial charge in [-0.15, -0.1) is 0 Å². The quantitative estimate of drug-likeness (QED) is 0.413. The Morgan fingerprint density at radius 2 is 1.50 bits per heavy atom. The molecule has 2 aliphatic heterocycles. The van der Waals surface area contributed by atoms with Gasteiger partial charge in [0.05, 0.1) is 30.5 Å². The number of rotatable bonds is 6. The first-order valence-electron chi connectivity index (χ1n) is 13.8. The fourth-order valence-corrected chi connectivity index (χ4v) is 5.70. The molecule has 2 aliphatic rings. The summed E-state index contributed by atoms with van der Waals surface area (Å²) in [6.07, 6.45) is -10.0. The lowest BCUT2D eigenvalue weighted by Gasteiger charge is -2.44. The van der Waals surface area contributed by atoms with Crippen LogP contribution in [0.3, 0.4) is 0 Å². The molecule has 1 unspecified atom stereocenters. The van der Waals surface area contributed by atoms with E-state index >= 15 is 0 Å². The molecule has 0 radical (unpaired) electrons. The molecule has 0 saturated carbocycles. The smallest absolute Gasteiger partial charge is 0.379 e. The average molecular weight is 595 g/mol. The second-order valence-corrected chi connectivity index (χ2v) is 10.8. The number of ether oxygens (including phenoxy) is 1. The first-order valence-corrected chi connectivity index (χ1v) is 13.8. The van der Waals surface area contributed by atoms with Crippen LogP contribution in [0, 0.1) is 0 Å². The van der Waals surface area contributed by atoms with E-state index in [1.165, 1.54) is 4.90 Å². The van der Waals surface area contributed by atoms with Crippen molar-refractivity contribution in [3.63, 3.8) is 0 Å². The van der Waals surface area contributed by atoms with Crippen LogP contribution >= 0.6 is 0 Å². The fourth-order valence-electron chi connectivity index (χ4n) is 5.70. The first kappa shape index (κ1) is 30.3. The van der Waals surface area contributed by atoms with Crippen molar-refractivity contribution in [2.24, 2.45) is 5.73 Å². The minimum Gasteiger partial charge on any atom is -0.379 e. The zero-order valence-electron chi connectivity index (χ0n) is 22.8. The number of carbonyl (C=O) groups is 1. The van der Waals surface area contributed by atoms with Crippen molar-refractivity contribution >= 4 is 16.7 Å². The molecule has 2 atom stereocenters. The molecule has 42 heavy (non-hydrogen) atoms. The molecular formula is C30H32F6N4O2. The number of benzene rings is 3. The number of piperazine rings is 1. The Bertz CT molecular complexity index is 1370. The maximum Gasteiger partial charge on any atom is 0.416 e. The van der Waals surface area contributed by atoms with Crippen molar-refractivity contribution < 1.29 is 35.9 Å². The van der Waals surface area contributed by atoms with Crippen molar-refractivity contribution in [2.45, 2.75) is 31.0 Å². The Morgan fingerprint density at radius 1 is 0.857 bits per heavy atom. The van der Waals surface area contributed by atoms with Gasteiger partial charge in [0.25, 0.3) is 5.91 Å². The lowest BCUT2D eigenvalue weighted by molar-refractivity contribution is -0.143. The molecule has 2 heterocycles. The van der Waals surface area contributed by atoms with E-state index in [1.54, 1.807) is 0 Å². The van der Waals surface area contributed by atoms with E-state index in [-0.39, 0.29) is 18.8 Å². The monoisotopic (exact) mass is 594 g/mol. The molecule has 2 fully saturated rings. The lowest BCUT2D eigenvalue weighted by Crippen LogP contribution is -2.60. The Balaban J connectivity index is 1.43. The van der Waals surface area contributed by atoms with E-state index in [4.69, 9.17) is 10.5 Å². The number of hydrogen-bond acceptors (Lipinski definition) is 5. The fraction of sp³-hybridized carbons (Fsp3) is 0.433. The van der Waals surface area contributed by atoms with E-state index in [9.17, 15) is 31.1 Å². The van der Waals surface area contributed by atoms with E-state index < -0.39 is 41.0 Å². The van der Waals surface area contributed by atoms with Crippen LogP contribution in [0.25, 0.3) is 10.8 Å². The molecule has 2 N–H and O–H groups in total. The number of hydrogen-bond donors (Lipinski definition) is 1. The number of morpholine rings is 1. The summed E-state index contributed by atoms with van der Waals surface area (Å²) in [5, 5.41) is 2.02. The standard InChI is InChI=1S/C30H32F6N4O2/c31-29(32,33)24-15-23(16-25(17-24)30(34,35)36)28(41)40-8-7-38(19-27(37)39-9-11-42-12-10-39)18-26(40)14-20-5-6-21-3-1-2-4-22(21)13-20/h1-6,13,15-17,26-27H,7-12,14,18-19,37H2/t26-,27?/m1/s1. The Kier molecular flexibility index (Phi) is 8.79. The van der Waals surface area contributed by atoms with Crippen molar-refractivity contribution in [1.82, 2.24) is 14.7 Å². The van der Waals surface area contributed by atoms with E-state index in [2.05, 4.69) is 9.80 Å². The maximum atomic E-state index is 13.7. The van der Waals surface area contributed by atoms with Gasteiger partial charge in [0.2, 0.25) is 0 Å². The number of alkyl halides is 6. The molecule has 6 nitrogen and oxygen atoms in total. The van der Waals surface area contributed by atoms with Crippen LogP contribution in [-0.2, 0) is 23.5 Å². The first-order chi connectivity index (χ1) is 19.9. The van der Waals surface area contributed by atoms with Crippen LogP contribution in [-0.4, -0.2) is 85.3 Å². The summed E-state index contributed by atoms with van der Waals surface area (Å²) in [6, 6.07) is 14.2. The maximum absolute atomic E-state index is 13.7. The largest absolute Gasteiger partial charge is 0.416 e. The minimum absolute atomic E-state index is 0.0360. The molecule has 0 spiro atoms. The summed E-state index contributed by atoms with van der Waals surface area (Å²) in [6.45, 7) is 3.91. The van der Waals surface area contributed by atoms with Gasteiger partial charge in [-0.05, 0) is 41.0 Å². The number of amides is 1. The van der Waals surface area contributed by atoms with Gasteiger partial charge < -0.3 is 15.4 Å². The highest BCUT2D eigenvalue weighted by molar-refractivity contribution is 5.95. The van der Waals surface area contributed by atoms with Gasteiger partial charge in [-0.1, -0.05) is 42.5 Å². The molecular weight excluding hydrogens is 562 g/mol. The van der Waals surface area contributed by atoms with E-state index in [0.29, 0.717) is 64.5 Å². The van der Waals surface area contributed by atoms with E-state index in [1.807, 2.05) is 42.5 Å². The molecule has 0 aliphatic carbocycles. The van der Waals surface area contributed by atoms with Gasteiger partial charge in [-0.3, -0.25) is 14.6 Å². The van der Waals surface area contributed by atoms with Crippen molar-refractivity contribution in [3.05, 3.63) is 82.9 Å². The average Bonchev–Trinajstić information content (AvgIpc) is 2.96. The van der Waals surface area contributed by atoms with Crippen LogP contribution in [0.1, 0.15) is 27.0 Å². The van der Waals surface area contributed by atoms with Gasteiger partial charge in [0, 0.05) is 50.9 Å². The third-order valence-corrected chi connectivity index (χ3v) is 7.91. The highest BCUT2D eigenvalue weighted by Gasteiger charge is 2.39. The van der Waals surface area contributed by atoms with Gasteiger partial charge >= 0.3 is 12.4 Å². The number of halogens is 6. The van der Waals surface area contributed by atoms with Crippen LogP contribution in [0.15, 0.2) is 60.7 Å². The molecule has 0 bridgehead atoms. The SMILES string of the molecule is NC(CN1CCN(C(=O)c2cc(C(F)(F)F)cc(C(F)(F)F)c2)[C@H](Cc2ccc3ccccc3c2)C1)N1CCOCC1. The topological polar surface area (TPSA) is 62.0 Å². The molecule has 12 heteroatoms. The van der Waals surface area contributed by atoms with Crippen LogP contribution < -0.4 is 5.73 Å². The zero-order chi connectivity index (χ0) is 30.1. The molecule has 3 aromatic rings. The number of nitrogens with zero attached hydrogens (tertiary/aromatic N) is 3. The van der Waals surface area contributed by atoms with Crippen LogP contribution in [0.5, 0.6) is 0 Å². The van der Waals surface area contributed by atoms with Crippen molar-refractivity contribution in [1.29, 1.82) is 0 Å². The van der Waals surface area contributed by atoms with Gasteiger partial charge in [0.1, 0.15) is 0 Å². The Morgan fingerprint density at radius 3 is 2.14 bits per heavy atom. The molecule has 3 aromatic carbocycles. The second kappa shape index (κ2) is 12.2. The van der Waals surface area contributed by atoms with Crippen LogP contribution in [0.4, 0.5) is 26.3 Å². The number of carbonyl (C=O) groups excluding carboxylic acids is 1. The normalized spacial score (nSPS) is 20.2. The highest BCUT2D eigenvalue weighted by atomic mass is 19.4. The summed E-state index contributed by atoms with van der Waals surface area (Å²) >= 11 is 0. The molecule has 1 amide bonds. The van der Waals surface area contributed by atoms with Crippen LogP contribution in [0.2, 0.25) is 0 Å². The summed E-state index contributed by atoms with van der Waals surface area (Å²) in [5.74, 6) is -0.866. The van der Waals surface area contributed by atoms with Gasteiger partial charge in [0.15, 0.2) is 0 Å². The minimum atomic E-state index is -5.05. The van der Waals surface area contributed by atoms with Gasteiger partial charge in [-0.25, -0.2) is 0 Å². The molecule has 2 saturated heterocycles. The Hall–Kier alpha value is -3.19. The number of nitrogens with two attached hydrogens (primary N) is 1. The lowest BCUT2D eigenvalue weighted by atomic mass is 9.97. The second-order valence-electron chi connectivity index (χ2n) is 10.8. The predicted octanol–water partition coefficient (Wildman–Crippen LogP) is 4.86. The molecule has 0 aromatic heterocycles.